The summed E-state index contributed by atoms with van der Waals surface area (Å²) in [6.45, 7) is 10.3. The molecule has 0 aliphatic rings. The van der Waals surface area contributed by atoms with E-state index in [0.717, 1.165) is 39.9 Å². The third-order valence-corrected chi connectivity index (χ3v) is 6.06. The molecule has 34 heavy (non-hydrogen) atoms. The van der Waals surface area contributed by atoms with Crippen LogP contribution < -0.4 is 0 Å². The normalized spacial score (nSPS) is 11.3. The molecular formula is C32H31NO. The summed E-state index contributed by atoms with van der Waals surface area (Å²) < 4.78 is 0. The first-order chi connectivity index (χ1) is 16.5. The first-order valence-electron chi connectivity index (χ1n) is 11.7. The van der Waals surface area contributed by atoms with Gasteiger partial charge in [-0.2, -0.15) is 0 Å². The van der Waals surface area contributed by atoms with Gasteiger partial charge in [-0.15, -0.1) is 6.58 Å². The van der Waals surface area contributed by atoms with Crippen LogP contribution in [0.2, 0.25) is 0 Å². The van der Waals surface area contributed by atoms with Crippen molar-refractivity contribution < 1.29 is 5.11 Å². The average Bonchev–Trinajstić information content (AvgIpc) is 2.85. The molecule has 170 valence electrons. The number of nitrogens with zero attached hydrogens (tertiary/aromatic N) is 1. The Hall–Kier alpha value is -3.91. The van der Waals surface area contributed by atoms with Gasteiger partial charge in [0.2, 0.25) is 0 Å². The van der Waals surface area contributed by atoms with Gasteiger partial charge in [-0.1, -0.05) is 92.7 Å². The second-order valence-electron chi connectivity index (χ2n) is 8.95. The lowest BCUT2D eigenvalue weighted by atomic mass is 9.94. The Balaban J connectivity index is 1.86. The van der Waals surface area contributed by atoms with Crippen molar-refractivity contribution in [2.75, 3.05) is 0 Å². The van der Waals surface area contributed by atoms with Gasteiger partial charge >= 0.3 is 0 Å². The Morgan fingerprint density at radius 2 is 1.50 bits per heavy atom. The smallest absolute Gasteiger partial charge is 0.132 e. The molecule has 0 heterocycles. The maximum atomic E-state index is 11.3. The van der Waals surface area contributed by atoms with Crippen LogP contribution in [-0.2, 0) is 6.42 Å². The van der Waals surface area contributed by atoms with E-state index in [1.807, 2.05) is 66.7 Å². The maximum Gasteiger partial charge on any atom is 0.132 e. The van der Waals surface area contributed by atoms with Crippen LogP contribution in [0.15, 0.2) is 103 Å². The lowest BCUT2D eigenvalue weighted by molar-refractivity contribution is 0.476. The molecular weight excluding hydrogens is 414 g/mol. The molecule has 4 aromatic carbocycles. The third-order valence-electron chi connectivity index (χ3n) is 6.06. The minimum Gasteiger partial charge on any atom is -0.507 e. The number of aromatic hydroxyl groups is 1. The lowest BCUT2D eigenvalue weighted by Crippen LogP contribution is -1.95. The van der Waals surface area contributed by atoms with E-state index in [2.05, 4.69) is 51.6 Å². The van der Waals surface area contributed by atoms with Crippen molar-refractivity contribution in [1.29, 1.82) is 0 Å². The van der Waals surface area contributed by atoms with Crippen LogP contribution in [0.5, 0.6) is 5.75 Å². The van der Waals surface area contributed by atoms with Crippen LogP contribution in [0.3, 0.4) is 0 Å². The number of phenolic OH excluding ortho intramolecular Hbond substituents is 1. The van der Waals surface area contributed by atoms with Gasteiger partial charge < -0.3 is 5.11 Å². The first-order valence-corrected chi connectivity index (χ1v) is 11.7. The zero-order chi connectivity index (χ0) is 24.1. The number of benzene rings is 4. The molecule has 0 unspecified atom stereocenters. The van der Waals surface area contributed by atoms with Crippen LogP contribution in [0.4, 0.5) is 5.69 Å². The molecule has 1 N–H and O–H groups in total. The summed E-state index contributed by atoms with van der Waals surface area (Å²) in [6, 6.07) is 28.7. The molecule has 0 aliphatic heterocycles. The fourth-order valence-corrected chi connectivity index (χ4v) is 4.31. The summed E-state index contributed by atoms with van der Waals surface area (Å²) in [5.41, 5.74) is 9.15. The predicted molar refractivity (Wildman–Crippen MR) is 145 cm³/mol. The Kier molecular flexibility index (Phi) is 7.08. The molecule has 2 heteroatoms. The van der Waals surface area contributed by atoms with Gasteiger partial charge in [0.25, 0.3) is 0 Å². The van der Waals surface area contributed by atoms with Crippen molar-refractivity contribution in [3.8, 4) is 28.0 Å². The van der Waals surface area contributed by atoms with Gasteiger partial charge in [0.1, 0.15) is 5.75 Å². The predicted octanol–water partition coefficient (Wildman–Crippen LogP) is 8.64. The number of aliphatic imine (C=N–C) groups is 1. The van der Waals surface area contributed by atoms with Crippen molar-refractivity contribution in [2.45, 2.75) is 33.1 Å². The number of aryl methyl sites for hydroxylation is 1. The summed E-state index contributed by atoms with van der Waals surface area (Å²) in [5, 5.41) is 11.3. The average molecular weight is 446 g/mol. The fourth-order valence-electron chi connectivity index (χ4n) is 4.31. The Bertz CT molecular complexity index is 1320. The van der Waals surface area contributed by atoms with Gasteiger partial charge in [-0.25, -0.2) is 0 Å². The van der Waals surface area contributed by atoms with Crippen molar-refractivity contribution in [2.24, 2.45) is 4.99 Å². The SMILES string of the molecule is C=CCc1cc(C)c(N=Cc2cc(-c3ccccc3)cc(-c3ccccc3)c2O)c(C(C)C)c1. The highest BCUT2D eigenvalue weighted by Gasteiger charge is 2.14. The van der Waals surface area contributed by atoms with Gasteiger partial charge in [0.15, 0.2) is 0 Å². The van der Waals surface area contributed by atoms with Crippen molar-refractivity contribution in [3.63, 3.8) is 0 Å². The minimum atomic E-state index is 0.238. The van der Waals surface area contributed by atoms with E-state index in [9.17, 15) is 5.11 Å². The molecule has 0 amide bonds. The molecule has 0 aliphatic carbocycles. The number of rotatable bonds is 7. The van der Waals surface area contributed by atoms with E-state index in [1.54, 1.807) is 6.21 Å². The standard InChI is InChI=1S/C32H31NO/c1-5-12-24-17-23(4)31(29(18-24)22(2)3)33-21-28-19-27(25-13-8-6-9-14-25)20-30(32(28)34)26-15-10-7-11-16-26/h5-11,13-22,34H,1,12H2,2-4H3. The quantitative estimate of drug-likeness (QED) is 0.224. The van der Waals surface area contributed by atoms with Crippen molar-refractivity contribution in [1.82, 2.24) is 0 Å². The van der Waals surface area contributed by atoms with Crippen molar-refractivity contribution >= 4 is 11.9 Å². The van der Waals surface area contributed by atoms with E-state index in [1.165, 1.54) is 11.1 Å². The summed E-state index contributed by atoms with van der Waals surface area (Å²) >= 11 is 0. The molecule has 0 saturated heterocycles. The van der Waals surface area contributed by atoms with Gasteiger partial charge in [0.05, 0.1) is 5.69 Å². The third kappa shape index (κ3) is 5.02. The monoisotopic (exact) mass is 445 g/mol. The molecule has 0 bridgehead atoms. The van der Waals surface area contributed by atoms with Crippen LogP contribution in [0.25, 0.3) is 22.3 Å². The summed E-state index contributed by atoms with van der Waals surface area (Å²) in [4.78, 5) is 4.92. The van der Waals surface area contributed by atoms with Gasteiger partial charge in [-0.05, 0) is 64.8 Å². The van der Waals surface area contributed by atoms with E-state index >= 15 is 0 Å². The molecule has 0 atom stereocenters. The van der Waals surface area contributed by atoms with E-state index in [0.29, 0.717) is 11.5 Å². The van der Waals surface area contributed by atoms with Crippen LogP contribution in [0, 0.1) is 6.92 Å². The molecule has 2 nitrogen and oxygen atoms in total. The largest absolute Gasteiger partial charge is 0.507 e. The van der Waals surface area contributed by atoms with Crippen molar-refractivity contribution in [3.05, 3.63) is 120 Å². The Morgan fingerprint density at radius 3 is 2.12 bits per heavy atom. The zero-order valence-corrected chi connectivity index (χ0v) is 20.1. The highest BCUT2D eigenvalue weighted by molar-refractivity contribution is 5.93. The number of allylic oxidation sites excluding steroid dienone is 1. The zero-order valence-electron chi connectivity index (χ0n) is 20.1. The first kappa shape index (κ1) is 23.3. The molecule has 0 aromatic heterocycles. The molecule has 4 aromatic rings. The fraction of sp³-hybridized carbons (Fsp3) is 0.156. The highest BCUT2D eigenvalue weighted by Crippen LogP contribution is 2.37. The van der Waals surface area contributed by atoms with Crippen LogP contribution >= 0.6 is 0 Å². The van der Waals surface area contributed by atoms with Crippen LogP contribution in [0.1, 0.15) is 42.0 Å². The molecule has 0 fully saturated rings. The summed E-state index contributed by atoms with van der Waals surface area (Å²) in [7, 11) is 0. The van der Waals surface area contributed by atoms with Gasteiger partial charge in [0, 0.05) is 17.3 Å². The highest BCUT2D eigenvalue weighted by atomic mass is 16.3. The minimum absolute atomic E-state index is 0.238. The van der Waals surface area contributed by atoms with Crippen LogP contribution in [-0.4, -0.2) is 11.3 Å². The topological polar surface area (TPSA) is 32.6 Å². The second kappa shape index (κ2) is 10.4. The molecule has 0 saturated carbocycles. The summed E-state index contributed by atoms with van der Waals surface area (Å²) in [5.74, 6) is 0.571. The summed E-state index contributed by atoms with van der Waals surface area (Å²) in [6.07, 6.45) is 4.57. The number of hydrogen-bond donors (Lipinski definition) is 1. The lowest BCUT2D eigenvalue weighted by Gasteiger charge is -2.15. The van der Waals surface area contributed by atoms with E-state index in [4.69, 9.17) is 4.99 Å². The number of phenols is 1. The van der Waals surface area contributed by atoms with Gasteiger partial charge in [-0.3, -0.25) is 4.99 Å². The maximum absolute atomic E-state index is 11.3. The second-order valence-corrected chi connectivity index (χ2v) is 8.95. The Morgan fingerprint density at radius 1 is 0.853 bits per heavy atom. The molecule has 0 spiro atoms. The van der Waals surface area contributed by atoms with E-state index in [-0.39, 0.29) is 5.75 Å². The Labute approximate surface area is 203 Å². The van der Waals surface area contributed by atoms with E-state index < -0.39 is 0 Å². The molecule has 0 radical (unpaired) electrons. The molecule has 4 rings (SSSR count). The number of hydrogen-bond acceptors (Lipinski definition) is 2.